The molecule has 0 saturated carbocycles. The molecule has 0 N–H and O–H groups in total. The van der Waals surface area contributed by atoms with Gasteiger partial charge in [-0.15, -0.1) is 0 Å². The molecule has 0 radical (unpaired) electrons. The Hall–Kier alpha value is -1.05. The smallest absolute Gasteiger partial charge is 0.138 e. The molecule has 0 aromatic heterocycles. The average Bonchev–Trinajstić information content (AvgIpc) is 2.18. The lowest BCUT2D eigenvalue weighted by molar-refractivity contribution is 0.146. The van der Waals surface area contributed by atoms with E-state index in [-0.39, 0.29) is 0 Å². The minimum absolute atomic E-state index is 0.446. The van der Waals surface area contributed by atoms with E-state index in [4.69, 9.17) is 14.7 Å². The molecule has 4 heteroatoms. The lowest BCUT2D eigenvalue weighted by atomic mass is 10.2. The Bertz CT molecular complexity index is 346. The highest BCUT2D eigenvalue weighted by Crippen LogP contribution is 2.25. The number of hydrogen-bond donors (Lipinski definition) is 0. The van der Waals surface area contributed by atoms with Crippen molar-refractivity contribution in [1.29, 1.82) is 5.26 Å². The van der Waals surface area contributed by atoms with Gasteiger partial charge in [-0.05, 0) is 28.1 Å². The van der Waals surface area contributed by atoms with Gasteiger partial charge in [0.1, 0.15) is 24.0 Å². The molecule has 0 heterocycles. The number of nitriles is 1. The van der Waals surface area contributed by atoms with Crippen LogP contribution in [0, 0.1) is 11.3 Å². The van der Waals surface area contributed by atoms with Crippen molar-refractivity contribution < 1.29 is 9.47 Å². The van der Waals surface area contributed by atoms with Crippen LogP contribution in [-0.4, -0.2) is 20.3 Å². The zero-order chi connectivity index (χ0) is 10.4. The van der Waals surface area contributed by atoms with E-state index in [9.17, 15) is 0 Å². The van der Waals surface area contributed by atoms with Crippen LogP contribution in [0.5, 0.6) is 5.75 Å². The monoisotopic (exact) mass is 255 g/mol. The molecule has 0 aliphatic rings. The Balaban J connectivity index is 2.76. The van der Waals surface area contributed by atoms with Gasteiger partial charge in [-0.2, -0.15) is 5.26 Å². The third-order valence-corrected chi connectivity index (χ3v) is 2.29. The zero-order valence-electron chi connectivity index (χ0n) is 7.79. The van der Waals surface area contributed by atoms with Crippen molar-refractivity contribution in [2.24, 2.45) is 0 Å². The fourth-order valence-electron chi connectivity index (χ4n) is 0.968. The standard InChI is InChI=1S/C10H10BrNO2/c1-13-5-6-14-10-4-2-3-9(11)8(10)7-12/h2-4H,5-6H2,1H3. The fourth-order valence-corrected chi connectivity index (χ4v) is 1.40. The Kier molecular flexibility index (Phi) is 4.44. The van der Waals surface area contributed by atoms with E-state index in [1.165, 1.54) is 0 Å². The maximum Gasteiger partial charge on any atom is 0.138 e. The Morgan fingerprint density at radius 2 is 2.21 bits per heavy atom. The summed E-state index contributed by atoms with van der Waals surface area (Å²) in [5.74, 6) is 0.582. The van der Waals surface area contributed by atoms with Gasteiger partial charge in [0.15, 0.2) is 0 Å². The van der Waals surface area contributed by atoms with E-state index in [0.717, 1.165) is 4.47 Å². The summed E-state index contributed by atoms with van der Waals surface area (Å²) in [6.45, 7) is 0.957. The fraction of sp³-hybridized carbons (Fsp3) is 0.300. The number of nitrogens with zero attached hydrogens (tertiary/aromatic N) is 1. The first-order valence-corrected chi connectivity index (χ1v) is 4.89. The summed E-state index contributed by atoms with van der Waals surface area (Å²) in [4.78, 5) is 0. The molecule has 0 atom stereocenters. The quantitative estimate of drug-likeness (QED) is 0.776. The highest BCUT2D eigenvalue weighted by molar-refractivity contribution is 9.10. The predicted octanol–water partition coefficient (Wildman–Crippen LogP) is 2.35. The molecule has 0 aliphatic carbocycles. The lowest BCUT2D eigenvalue weighted by Gasteiger charge is -2.07. The molecule has 0 amide bonds. The third kappa shape index (κ3) is 2.72. The van der Waals surface area contributed by atoms with E-state index in [1.54, 1.807) is 13.2 Å². The zero-order valence-corrected chi connectivity index (χ0v) is 9.37. The van der Waals surface area contributed by atoms with Crippen LogP contribution in [0.25, 0.3) is 0 Å². The van der Waals surface area contributed by atoms with Crippen LogP contribution in [-0.2, 0) is 4.74 Å². The van der Waals surface area contributed by atoms with Gasteiger partial charge in [0, 0.05) is 11.6 Å². The van der Waals surface area contributed by atoms with Gasteiger partial charge in [-0.25, -0.2) is 0 Å². The second kappa shape index (κ2) is 5.63. The van der Waals surface area contributed by atoms with Crippen molar-refractivity contribution in [3.05, 3.63) is 28.2 Å². The van der Waals surface area contributed by atoms with E-state index in [1.807, 2.05) is 12.1 Å². The second-order valence-corrected chi connectivity index (χ2v) is 3.42. The number of benzene rings is 1. The molecule has 3 nitrogen and oxygen atoms in total. The van der Waals surface area contributed by atoms with E-state index >= 15 is 0 Å². The normalized spacial score (nSPS) is 9.50. The van der Waals surface area contributed by atoms with Gasteiger partial charge in [0.25, 0.3) is 0 Å². The second-order valence-electron chi connectivity index (χ2n) is 2.57. The number of methoxy groups -OCH3 is 1. The SMILES string of the molecule is COCCOc1cccc(Br)c1C#N. The summed E-state index contributed by atoms with van der Waals surface area (Å²) in [5.41, 5.74) is 0.517. The maximum absolute atomic E-state index is 8.86. The first-order chi connectivity index (χ1) is 6.79. The van der Waals surface area contributed by atoms with Crippen molar-refractivity contribution in [2.75, 3.05) is 20.3 Å². The topological polar surface area (TPSA) is 42.2 Å². The van der Waals surface area contributed by atoms with Crippen molar-refractivity contribution in [1.82, 2.24) is 0 Å². The van der Waals surface area contributed by atoms with Gasteiger partial charge in [0.2, 0.25) is 0 Å². The van der Waals surface area contributed by atoms with E-state index in [0.29, 0.717) is 24.5 Å². The molecule has 0 spiro atoms. The molecule has 0 aliphatic heterocycles. The number of rotatable bonds is 4. The number of halogens is 1. The molecular weight excluding hydrogens is 246 g/mol. The Morgan fingerprint density at radius 3 is 2.86 bits per heavy atom. The molecule has 1 aromatic rings. The third-order valence-electron chi connectivity index (χ3n) is 1.63. The van der Waals surface area contributed by atoms with Crippen LogP contribution in [0.3, 0.4) is 0 Å². The first kappa shape index (κ1) is 11.0. The average molecular weight is 256 g/mol. The summed E-state index contributed by atoms with van der Waals surface area (Å²) in [7, 11) is 1.61. The van der Waals surface area contributed by atoms with Crippen LogP contribution < -0.4 is 4.74 Å². The largest absolute Gasteiger partial charge is 0.490 e. The molecular formula is C10H10BrNO2. The molecule has 0 saturated heterocycles. The summed E-state index contributed by atoms with van der Waals surface area (Å²) < 4.78 is 11.0. The van der Waals surface area contributed by atoms with Gasteiger partial charge in [-0.1, -0.05) is 6.07 Å². The van der Waals surface area contributed by atoms with Crippen LogP contribution in [0.4, 0.5) is 0 Å². The Morgan fingerprint density at radius 1 is 1.43 bits per heavy atom. The molecule has 0 unspecified atom stereocenters. The van der Waals surface area contributed by atoms with Crippen molar-refractivity contribution >= 4 is 15.9 Å². The van der Waals surface area contributed by atoms with E-state index < -0.39 is 0 Å². The molecule has 0 bridgehead atoms. The number of ether oxygens (including phenoxy) is 2. The van der Waals surface area contributed by atoms with Crippen molar-refractivity contribution in [3.63, 3.8) is 0 Å². The summed E-state index contributed by atoms with van der Waals surface area (Å²) in [6.07, 6.45) is 0. The number of hydrogen-bond acceptors (Lipinski definition) is 3. The van der Waals surface area contributed by atoms with Gasteiger partial charge in [-0.3, -0.25) is 0 Å². The van der Waals surface area contributed by atoms with Gasteiger partial charge >= 0.3 is 0 Å². The van der Waals surface area contributed by atoms with Crippen LogP contribution in [0.2, 0.25) is 0 Å². The highest BCUT2D eigenvalue weighted by atomic mass is 79.9. The highest BCUT2D eigenvalue weighted by Gasteiger charge is 2.06. The van der Waals surface area contributed by atoms with Gasteiger partial charge in [0.05, 0.1) is 6.61 Å². The molecule has 1 rings (SSSR count). The summed E-state index contributed by atoms with van der Waals surface area (Å²) in [5, 5.41) is 8.86. The molecule has 0 fully saturated rings. The van der Waals surface area contributed by atoms with Crippen LogP contribution in [0.1, 0.15) is 5.56 Å². The van der Waals surface area contributed by atoms with Crippen molar-refractivity contribution in [2.45, 2.75) is 0 Å². The minimum atomic E-state index is 0.446. The molecule has 74 valence electrons. The minimum Gasteiger partial charge on any atom is -0.490 e. The predicted molar refractivity (Wildman–Crippen MR) is 56.2 cm³/mol. The summed E-state index contributed by atoms with van der Waals surface area (Å²) in [6, 6.07) is 7.47. The first-order valence-electron chi connectivity index (χ1n) is 4.10. The molecule has 14 heavy (non-hydrogen) atoms. The van der Waals surface area contributed by atoms with Crippen LogP contribution >= 0.6 is 15.9 Å². The lowest BCUT2D eigenvalue weighted by Crippen LogP contribution is -2.05. The van der Waals surface area contributed by atoms with E-state index in [2.05, 4.69) is 22.0 Å². The maximum atomic E-state index is 8.86. The van der Waals surface area contributed by atoms with Crippen molar-refractivity contribution in [3.8, 4) is 11.8 Å². The van der Waals surface area contributed by atoms with Crippen LogP contribution in [0.15, 0.2) is 22.7 Å². The Labute approximate surface area is 91.4 Å². The van der Waals surface area contributed by atoms with Gasteiger partial charge < -0.3 is 9.47 Å². The molecule has 1 aromatic carbocycles. The summed E-state index contributed by atoms with van der Waals surface area (Å²) >= 11 is 3.28.